The van der Waals surface area contributed by atoms with Gasteiger partial charge in [-0.3, -0.25) is 10.2 Å². The summed E-state index contributed by atoms with van der Waals surface area (Å²) in [6.45, 7) is 1.79. The van der Waals surface area contributed by atoms with Crippen LogP contribution < -0.4 is 16.8 Å². The molecule has 3 rings (SSSR count). The molecule has 0 spiro atoms. The van der Waals surface area contributed by atoms with Gasteiger partial charge >= 0.3 is 0 Å². The Morgan fingerprint density at radius 3 is 2.25 bits per heavy atom. The van der Waals surface area contributed by atoms with Crippen LogP contribution in [0, 0.1) is 17.0 Å². The van der Waals surface area contributed by atoms with Gasteiger partial charge in [0.15, 0.2) is 6.10 Å². The van der Waals surface area contributed by atoms with E-state index in [-0.39, 0.29) is 30.5 Å². The molecular formula is C22H22F2N6O2. The number of nitrogen functional groups attached to an aromatic ring is 2. The molecule has 8 nitrogen and oxygen atoms in total. The molecule has 0 saturated heterocycles. The number of anilines is 1. The van der Waals surface area contributed by atoms with Gasteiger partial charge in [-0.25, -0.2) is 18.7 Å². The zero-order valence-corrected chi connectivity index (χ0v) is 17.2. The van der Waals surface area contributed by atoms with Gasteiger partial charge < -0.3 is 21.5 Å². The molecule has 0 fully saturated rings. The highest BCUT2D eigenvalue weighted by Gasteiger charge is 2.28. The average Bonchev–Trinajstić information content (AvgIpc) is 2.77. The van der Waals surface area contributed by atoms with Crippen molar-refractivity contribution in [3.8, 4) is 11.1 Å². The van der Waals surface area contributed by atoms with Crippen LogP contribution in [0.2, 0.25) is 0 Å². The van der Waals surface area contributed by atoms with Gasteiger partial charge in [0.2, 0.25) is 5.95 Å². The van der Waals surface area contributed by atoms with Crippen LogP contribution in [-0.4, -0.2) is 28.3 Å². The molecule has 166 valence electrons. The highest BCUT2D eigenvalue weighted by Crippen LogP contribution is 2.29. The van der Waals surface area contributed by atoms with Gasteiger partial charge in [0.05, 0.1) is 5.56 Å². The van der Waals surface area contributed by atoms with Crippen LogP contribution >= 0.6 is 0 Å². The summed E-state index contributed by atoms with van der Waals surface area (Å²) >= 11 is 0. The van der Waals surface area contributed by atoms with Crippen LogP contribution in [0.4, 0.5) is 14.7 Å². The second kappa shape index (κ2) is 9.92. The van der Waals surface area contributed by atoms with Crippen molar-refractivity contribution in [3.63, 3.8) is 0 Å². The molecule has 2 aromatic carbocycles. The maximum Gasteiger partial charge on any atom is 0.254 e. The lowest BCUT2D eigenvalue weighted by molar-refractivity contribution is -0.133. The number of halogens is 2. The second-order valence-corrected chi connectivity index (χ2v) is 6.85. The van der Waals surface area contributed by atoms with Gasteiger partial charge in [-0.2, -0.15) is 0 Å². The number of carbonyl (C=O) groups excluding carboxylic acids is 1. The van der Waals surface area contributed by atoms with Crippen LogP contribution in [0.1, 0.15) is 29.7 Å². The number of amidine groups is 1. The summed E-state index contributed by atoms with van der Waals surface area (Å²) in [5, 5.41) is 10.0. The fourth-order valence-corrected chi connectivity index (χ4v) is 3.03. The molecule has 0 aliphatic heterocycles. The molecule has 0 unspecified atom stereocenters. The van der Waals surface area contributed by atoms with Crippen molar-refractivity contribution in [3.05, 3.63) is 77.1 Å². The van der Waals surface area contributed by atoms with E-state index in [0.717, 1.165) is 17.7 Å². The normalized spacial score (nSPS) is 11.7. The number of carbonyl (C=O) groups is 1. The molecule has 32 heavy (non-hydrogen) atoms. The summed E-state index contributed by atoms with van der Waals surface area (Å²) in [6.07, 6.45) is 1.22. The number of rotatable bonds is 8. The smallest absolute Gasteiger partial charge is 0.254 e. The molecular weight excluding hydrogens is 418 g/mol. The largest absolute Gasteiger partial charge is 0.384 e. The fraction of sp³-hybridized carbons (Fsp3) is 0.182. The van der Waals surface area contributed by atoms with Crippen molar-refractivity contribution < 1.29 is 18.3 Å². The minimum absolute atomic E-state index is 0.0373. The maximum absolute atomic E-state index is 14.9. The Kier molecular flexibility index (Phi) is 7.06. The Balaban J connectivity index is 1.81. The van der Waals surface area contributed by atoms with E-state index >= 15 is 0 Å². The van der Waals surface area contributed by atoms with E-state index in [9.17, 15) is 13.6 Å². The summed E-state index contributed by atoms with van der Waals surface area (Å²) in [7, 11) is 0. The molecule has 0 radical (unpaired) electrons. The van der Waals surface area contributed by atoms with Crippen molar-refractivity contribution in [1.82, 2.24) is 15.3 Å². The molecule has 0 bridgehead atoms. The number of benzene rings is 2. The first-order valence-corrected chi connectivity index (χ1v) is 9.69. The monoisotopic (exact) mass is 440 g/mol. The third-order valence-corrected chi connectivity index (χ3v) is 4.65. The van der Waals surface area contributed by atoms with Crippen molar-refractivity contribution >= 4 is 17.7 Å². The number of amides is 1. The van der Waals surface area contributed by atoms with Crippen molar-refractivity contribution in [2.75, 3.05) is 12.3 Å². The Morgan fingerprint density at radius 1 is 1.12 bits per heavy atom. The van der Waals surface area contributed by atoms with Crippen molar-refractivity contribution in [2.45, 2.75) is 19.6 Å². The van der Waals surface area contributed by atoms with Gasteiger partial charge in [0.1, 0.15) is 17.5 Å². The zero-order chi connectivity index (χ0) is 23.3. The van der Waals surface area contributed by atoms with Gasteiger partial charge in [0, 0.05) is 36.7 Å². The first kappa shape index (κ1) is 22.8. The summed E-state index contributed by atoms with van der Waals surface area (Å²) < 4.78 is 35.2. The molecule has 10 heteroatoms. The Hall–Kier alpha value is -3.92. The van der Waals surface area contributed by atoms with E-state index in [1.54, 1.807) is 31.2 Å². The molecule has 0 aliphatic rings. The lowest BCUT2D eigenvalue weighted by atomic mass is 10.0. The molecule has 1 heterocycles. The quantitative estimate of drug-likeness (QED) is 0.314. The summed E-state index contributed by atoms with van der Waals surface area (Å²) in [5.41, 5.74) is 12.2. The predicted molar refractivity (Wildman–Crippen MR) is 115 cm³/mol. The average molecular weight is 440 g/mol. The number of hydrogen-bond acceptors (Lipinski definition) is 6. The minimum atomic E-state index is -1.48. The number of ether oxygens (including phenoxy) is 1. The van der Waals surface area contributed by atoms with Gasteiger partial charge in [-0.15, -0.1) is 0 Å². The van der Waals surface area contributed by atoms with Gasteiger partial charge in [-0.05, 0) is 30.2 Å². The van der Waals surface area contributed by atoms with Crippen molar-refractivity contribution in [2.24, 2.45) is 5.73 Å². The van der Waals surface area contributed by atoms with Crippen LogP contribution in [-0.2, 0) is 16.1 Å². The lowest BCUT2D eigenvalue weighted by Gasteiger charge is -2.19. The SMILES string of the molecule is CCO[C@@H](C(=O)NCc1ccc(C(=N)N)cc1)c1c(F)cc(-c2cnc(N)nc2)cc1F. The first-order valence-electron chi connectivity index (χ1n) is 9.69. The number of nitrogens with zero attached hydrogens (tertiary/aromatic N) is 2. The third kappa shape index (κ3) is 5.22. The van der Waals surface area contributed by atoms with Gasteiger partial charge in [-0.1, -0.05) is 24.3 Å². The van der Waals surface area contributed by atoms with E-state index in [4.69, 9.17) is 21.6 Å². The molecule has 0 saturated carbocycles. The summed E-state index contributed by atoms with van der Waals surface area (Å²) in [6, 6.07) is 8.85. The first-order chi connectivity index (χ1) is 15.3. The number of hydrogen-bond donors (Lipinski definition) is 4. The molecule has 1 atom stereocenters. The molecule has 3 aromatic rings. The summed E-state index contributed by atoms with van der Waals surface area (Å²) in [5.74, 6) is -2.59. The van der Waals surface area contributed by atoms with Crippen LogP contribution in [0.25, 0.3) is 11.1 Å². The minimum Gasteiger partial charge on any atom is -0.384 e. The number of aromatic nitrogens is 2. The summed E-state index contributed by atoms with van der Waals surface area (Å²) in [4.78, 5) is 20.3. The van der Waals surface area contributed by atoms with Crippen LogP contribution in [0.15, 0.2) is 48.8 Å². The Labute approximate surface area is 183 Å². The van der Waals surface area contributed by atoms with E-state index in [0.29, 0.717) is 11.1 Å². The molecule has 1 aromatic heterocycles. The van der Waals surface area contributed by atoms with E-state index < -0.39 is 29.2 Å². The van der Waals surface area contributed by atoms with Gasteiger partial charge in [0.25, 0.3) is 5.91 Å². The number of nitrogens with one attached hydrogen (secondary N) is 2. The van der Waals surface area contributed by atoms with Crippen LogP contribution in [0.5, 0.6) is 0 Å². The number of nitrogens with two attached hydrogens (primary N) is 2. The molecule has 6 N–H and O–H groups in total. The van der Waals surface area contributed by atoms with Crippen LogP contribution in [0.3, 0.4) is 0 Å². The highest BCUT2D eigenvalue weighted by molar-refractivity contribution is 5.94. The van der Waals surface area contributed by atoms with E-state index in [1.807, 2.05) is 0 Å². The Bertz CT molecular complexity index is 1100. The molecule has 0 aliphatic carbocycles. The topological polar surface area (TPSA) is 140 Å². The predicted octanol–water partition coefficient (Wildman–Crippen LogP) is 2.68. The maximum atomic E-state index is 14.9. The van der Waals surface area contributed by atoms with E-state index in [1.165, 1.54) is 12.4 Å². The Morgan fingerprint density at radius 2 is 1.72 bits per heavy atom. The zero-order valence-electron chi connectivity index (χ0n) is 17.2. The third-order valence-electron chi connectivity index (χ3n) is 4.65. The second-order valence-electron chi connectivity index (χ2n) is 6.85. The van der Waals surface area contributed by atoms with Crippen molar-refractivity contribution in [1.29, 1.82) is 5.41 Å². The van der Waals surface area contributed by atoms with E-state index in [2.05, 4.69) is 15.3 Å². The highest BCUT2D eigenvalue weighted by atomic mass is 19.1. The molecule has 1 amide bonds. The fourth-order valence-electron chi connectivity index (χ4n) is 3.03. The lowest BCUT2D eigenvalue weighted by Crippen LogP contribution is -2.31. The standard InChI is InChI=1S/C22H22F2N6O2/c1-2-32-19(21(31)28-9-12-3-5-13(6-4-12)20(25)26)18-16(23)7-14(8-17(18)24)15-10-29-22(27)30-11-15/h3-8,10-11,19H,2,9H2,1H3,(H3,25,26)(H,28,31)(H2,27,29,30)/t19-/m1/s1.